The second-order valence-electron chi connectivity index (χ2n) is 3.71. The van der Waals surface area contributed by atoms with Gasteiger partial charge in [0.1, 0.15) is 5.82 Å². The van der Waals surface area contributed by atoms with E-state index in [4.69, 9.17) is 0 Å². The zero-order chi connectivity index (χ0) is 14.5. The zero-order valence-electron chi connectivity index (χ0n) is 10.5. The molecular formula is C13H10FN3O3. The maximum Gasteiger partial charge on any atom is 0.360 e. The normalized spacial score (nSPS) is 9.90. The molecule has 102 valence electrons. The quantitative estimate of drug-likeness (QED) is 0.861. The lowest BCUT2D eigenvalue weighted by atomic mass is 10.2. The molecule has 2 aromatic rings. The summed E-state index contributed by atoms with van der Waals surface area (Å²) in [6.45, 7) is 0. The van der Waals surface area contributed by atoms with Crippen molar-refractivity contribution in [2.45, 2.75) is 0 Å². The Morgan fingerprint density at radius 1 is 1.25 bits per heavy atom. The highest BCUT2D eigenvalue weighted by atomic mass is 19.1. The number of methoxy groups -OCH3 is 1. The second-order valence-corrected chi connectivity index (χ2v) is 3.71. The van der Waals surface area contributed by atoms with E-state index >= 15 is 0 Å². The predicted octanol–water partition coefficient (Wildman–Crippen LogP) is 1.65. The molecule has 1 aromatic heterocycles. The molecule has 0 spiro atoms. The molecule has 1 amide bonds. The zero-order valence-corrected chi connectivity index (χ0v) is 10.5. The fourth-order valence-electron chi connectivity index (χ4n) is 1.48. The SMILES string of the molecule is COC(=O)c1nccnc1NC(=O)c1cccc(F)c1. The van der Waals surface area contributed by atoms with E-state index in [0.717, 1.165) is 6.07 Å². The van der Waals surface area contributed by atoms with Gasteiger partial charge >= 0.3 is 5.97 Å². The number of ether oxygens (including phenoxy) is 1. The van der Waals surface area contributed by atoms with Gasteiger partial charge in [0.05, 0.1) is 7.11 Å². The second kappa shape index (κ2) is 5.87. The molecule has 1 N–H and O–H groups in total. The lowest BCUT2D eigenvalue weighted by molar-refractivity contribution is 0.0595. The number of carbonyl (C=O) groups excluding carboxylic acids is 2. The Morgan fingerprint density at radius 2 is 2.00 bits per heavy atom. The number of aromatic nitrogens is 2. The predicted molar refractivity (Wildman–Crippen MR) is 67.7 cm³/mol. The lowest BCUT2D eigenvalue weighted by Gasteiger charge is -2.07. The minimum atomic E-state index is -0.729. The third kappa shape index (κ3) is 2.94. The van der Waals surface area contributed by atoms with Gasteiger partial charge in [-0.3, -0.25) is 4.79 Å². The van der Waals surface area contributed by atoms with Crippen molar-refractivity contribution in [1.82, 2.24) is 9.97 Å². The fraction of sp³-hybridized carbons (Fsp3) is 0.0769. The molecule has 0 aliphatic carbocycles. The highest BCUT2D eigenvalue weighted by Gasteiger charge is 2.17. The summed E-state index contributed by atoms with van der Waals surface area (Å²) in [6.07, 6.45) is 2.61. The Bertz CT molecular complexity index is 661. The first-order valence-electron chi connectivity index (χ1n) is 5.58. The van der Waals surface area contributed by atoms with E-state index in [1.54, 1.807) is 0 Å². The number of amides is 1. The van der Waals surface area contributed by atoms with E-state index < -0.39 is 17.7 Å². The molecule has 1 heterocycles. The van der Waals surface area contributed by atoms with Gasteiger partial charge in [-0.1, -0.05) is 6.07 Å². The summed E-state index contributed by atoms with van der Waals surface area (Å²) < 4.78 is 17.6. The number of esters is 1. The minimum Gasteiger partial charge on any atom is -0.464 e. The smallest absolute Gasteiger partial charge is 0.360 e. The molecule has 20 heavy (non-hydrogen) atoms. The van der Waals surface area contributed by atoms with Crippen LogP contribution in [0, 0.1) is 5.82 Å². The highest BCUT2D eigenvalue weighted by Crippen LogP contribution is 2.12. The van der Waals surface area contributed by atoms with Gasteiger partial charge in [-0.05, 0) is 18.2 Å². The van der Waals surface area contributed by atoms with E-state index in [0.29, 0.717) is 0 Å². The van der Waals surface area contributed by atoms with Crippen molar-refractivity contribution in [2.24, 2.45) is 0 Å². The van der Waals surface area contributed by atoms with Crippen molar-refractivity contribution in [3.8, 4) is 0 Å². The number of nitrogens with one attached hydrogen (secondary N) is 1. The van der Waals surface area contributed by atoms with Gasteiger partial charge in [-0.15, -0.1) is 0 Å². The lowest BCUT2D eigenvalue weighted by Crippen LogP contribution is -2.17. The van der Waals surface area contributed by atoms with Gasteiger partial charge in [0, 0.05) is 18.0 Å². The molecule has 1 aromatic carbocycles. The first-order valence-corrected chi connectivity index (χ1v) is 5.58. The molecule has 0 radical (unpaired) electrons. The molecule has 0 saturated carbocycles. The summed E-state index contributed by atoms with van der Waals surface area (Å²) in [6, 6.07) is 5.14. The summed E-state index contributed by atoms with van der Waals surface area (Å²) in [5.74, 6) is -1.92. The van der Waals surface area contributed by atoms with Crippen molar-refractivity contribution in [1.29, 1.82) is 0 Å². The molecule has 0 aliphatic heterocycles. The summed E-state index contributed by atoms with van der Waals surface area (Å²) in [4.78, 5) is 31.0. The first-order chi connectivity index (χ1) is 9.61. The van der Waals surface area contributed by atoms with Crippen LogP contribution in [0.15, 0.2) is 36.7 Å². The van der Waals surface area contributed by atoms with Crippen LogP contribution in [0.25, 0.3) is 0 Å². The molecular weight excluding hydrogens is 265 g/mol. The van der Waals surface area contributed by atoms with Gasteiger partial charge in [0.25, 0.3) is 5.91 Å². The third-order valence-electron chi connectivity index (χ3n) is 2.40. The van der Waals surface area contributed by atoms with E-state index in [1.807, 2.05) is 0 Å². The molecule has 0 aliphatic rings. The van der Waals surface area contributed by atoms with E-state index in [-0.39, 0.29) is 17.1 Å². The number of anilines is 1. The number of hydrogen-bond donors (Lipinski definition) is 1. The number of rotatable bonds is 3. The van der Waals surface area contributed by atoms with Crippen LogP contribution in [-0.4, -0.2) is 29.0 Å². The van der Waals surface area contributed by atoms with E-state index in [9.17, 15) is 14.0 Å². The van der Waals surface area contributed by atoms with Crippen molar-refractivity contribution in [3.63, 3.8) is 0 Å². The van der Waals surface area contributed by atoms with Crippen LogP contribution >= 0.6 is 0 Å². The number of halogens is 1. The van der Waals surface area contributed by atoms with Crippen LogP contribution in [0.2, 0.25) is 0 Å². The molecule has 6 nitrogen and oxygen atoms in total. The van der Waals surface area contributed by atoms with Crippen LogP contribution in [0.1, 0.15) is 20.8 Å². The molecule has 7 heteroatoms. The van der Waals surface area contributed by atoms with Gasteiger partial charge in [-0.2, -0.15) is 0 Å². The van der Waals surface area contributed by atoms with Gasteiger partial charge in [0.15, 0.2) is 11.5 Å². The van der Waals surface area contributed by atoms with Crippen LogP contribution in [0.4, 0.5) is 10.2 Å². The van der Waals surface area contributed by atoms with Crippen LogP contribution < -0.4 is 5.32 Å². The molecule has 2 rings (SSSR count). The van der Waals surface area contributed by atoms with Crippen molar-refractivity contribution < 1.29 is 18.7 Å². The monoisotopic (exact) mass is 275 g/mol. The largest absolute Gasteiger partial charge is 0.464 e. The summed E-state index contributed by atoms with van der Waals surface area (Å²) in [5.41, 5.74) is -0.0220. The summed E-state index contributed by atoms with van der Waals surface area (Å²) in [5, 5.41) is 2.39. The highest BCUT2D eigenvalue weighted by molar-refractivity contribution is 6.06. The van der Waals surface area contributed by atoms with Gasteiger partial charge < -0.3 is 10.1 Å². The van der Waals surface area contributed by atoms with Gasteiger partial charge in [-0.25, -0.2) is 19.2 Å². The standard InChI is InChI=1S/C13H10FN3O3/c1-20-13(19)10-11(16-6-5-15-10)17-12(18)8-3-2-4-9(14)7-8/h2-7H,1H3,(H,16,17,18). The molecule has 0 unspecified atom stereocenters. The Balaban J connectivity index is 2.26. The summed E-state index contributed by atoms with van der Waals surface area (Å²) >= 11 is 0. The van der Waals surface area contributed by atoms with Crippen molar-refractivity contribution in [3.05, 3.63) is 53.7 Å². The van der Waals surface area contributed by atoms with Crippen molar-refractivity contribution in [2.75, 3.05) is 12.4 Å². The number of carbonyl (C=O) groups is 2. The number of hydrogen-bond acceptors (Lipinski definition) is 5. The Kier molecular flexibility index (Phi) is 3.99. The van der Waals surface area contributed by atoms with Crippen LogP contribution in [0.3, 0.4) is 0 Å². The molecule has 0 atom stereocenters. The number of nitrogens with zero attached hydrogens (tertiary/aromatic N) is 2. The van der Waals surface area contributed by atoms with E-state index in [1.165, 1.54) is 37.7 Å². The fourth-order valence-corrected chi connectivity index (χ4v) is 1.48. The molecule has 0 fully saturated rings. The topological polar surface area (TPSA) is 81.2 Å². The van der Waals surface area contributed by atoms with Crippen LogP contribution in [-0.2, 0) is 4.74 Å². The Labute approximate surface area is 113 Å². The van der Waals surface area contributed by atoms with Gasteiger partial charge in [0.2, 0.25) is 0 Å². The number of benzene rings is 1. The maximum absolute atomic E-state index is 13.0. The average Bonchev–Trinajstić information content (AvgIpc) is 2.47. The Morgan fingerprint density at radius 3 is 2.70 bits per heavy atom. The average molecular weight is 275 g/mol. The van der Waals surface area contributed by atoms with Crippen LogP contribution in [0.5, 0.6) is 0 Å². The van der Waals surface area contributed by atoms with Crippen molar-refractivity contribution >= 4 is 17.7 Å². The first kappa shape index (κ1) is 13.6. The molecule has 0 saturated heterocycles. The summed E-state index contributed by atoms with van der Waals surface area (Å²) in [7, 11) is 1.19. The third-order valence-corrected chi connectivity index (χ3v) is 2.40. The minimum absolute atomic E-state index is 0.0476. The molecule has 0 bridgehead atoms. The maximum atomic E-state index is 13.0. The Hall–Kier alpha value is -2.83. The van der Waals surface area contributed by atoms with E-state index in [2.05, 4.69) is 20.0 Å².